The quantitative estimate of drug-likeness (QED) is 0.654. The molecular formula is C19H20N4O3S. The van der Waals surface area contributed by atoms with Crippen LogP contribution in [0.1, 0.15) is 23.7 Å². The van der Waals surface area contributed by atoms with Crippen molar-refractivity contribution in [3.05, 3.63) is 72.8 Å². The summed E-state index contributed by atoms with van der Waals surface area (Å²) in [5.41, 5.74) is 2.04. The summed E-state index contributed by atoms with van der Waals surface area (Å²) in [6.07, 6.45) is 5.69. The summed E-state index contributed by atoms with van der Waals surface area (Å²) in [6, 6.07) is 13.8. The molecule has 27 heavy (non-hydrogen) atoms. The summed E-state index contributed by atoms with van der Waals surface area (Å²) in [7, 11) is -3.48. The van der Waals surface area contributed by atoms with Gasteiger partial charge < -0.3 is 9.88 Å². The monoisotopic (exact) mass is 384 g/mol. The van der Waals surface area contributed by atoms with Crippen molar-refractivity contribution in [2.75, 3.05) is 15.8 Å². The van der Waals surface area contributed by atoms with E-state index in [0.717, 1.165) is 5.69 Å². The number of aromatic nitrogens is 2. The number of anilines is 2. The summed E-state index contributed by atoms with van der Waals surface area (Å²) < 4.78 is 28.4. The lowest BCUT2D eigenvalue weighted by Crippen LogP contribution is -2.20. The summed E-state index contributed by atoms with van der Waals surface area (Å²) >= 11 is 0. The molecule has 3 rings (SSSR count). The van der Waals surface area contributed by atoms with Gasteiger partial charge in [0.2, 0.25) is 10.0 Å². The van der Waals surface area contributed by atoms with Crippen molar-refractivity contribution < 1.29 is 13.2 Å². The Labute approximate surface area is 158 Å². The Morgan fingerprint density at radius 3 is 2.52 bits per heavy atom. The Bertz CT molecular complexity index is 1010. The van der Waals surface area contributed by atoms with E-state index in [1.807, 2.05) is 22.9 Å². The molecule has 0 saturated carbocycles. The minimum absolute atomic E-state index is 0.00132. The Morgan fingerprint density at radius 2 is 1.85 bits per heavy atom. The van der Waals surface area contributed by atoms with E-state index in [0.29, 0.717) is 12.1 Å². The van der Waals surface area contributed by atoms with Crippen molar-refractivity contribution in [2.45, 2.75) is 13.3 Å². The maximum absolute atomic E-state index is 12.6. The van der Waals surface area contributed by atoms with Crippen LogP contribution in [-0.2, 0) is 10.0 Å². The van der Waals surface area contributed by atoms with Gasteiger partial charge in [0.25, 0.3) is 5.91 Å². The molecule has 1 amide bonds. The van der Waals surface area contributed by atoms with Gasteiger partial charge in [0.15, 0.2) is 0 Å². The zero-order valence-electron chi connectivity index (χ0n) is 14.8. The fourth-order valence-electron chi connectivity index (χ4n) is 2.58. The Kier molecular flexibility index (Phi) is 5.56. The molecule has 1 heterocycles. The molecule has 0 aliphatic carbocycles. The molecule has 3 aromatic rings. The highest BCUT2D eigenvalue weighted by atomic mass is 32.2. The van der Waals surface area contributed by atoms with Crippen LogP contribution in [0.5, 0.6) is 0 Å². The van der Waals surface area contributed by atoms with E-state index in [2.05, 4.69) is 15.0 Å². The van der Waals surface area contributed by atoms with Crippen LogP contribution in [-0.4, -0.2) is 29.6 Å². The molecular weight excluding hydrogens is 364 g/mol. The number of carbonyl (C=O) groups excluding carboxylic acids is 1. The van der Waals surface area contributed by atoms with Crippen LogP contribution in [0, 0.1) is 0 Å². The van der Waals surface area contributed by atoms with Crippen LogP contribution in [0.2, 0.25) is 0 Å². The van der Waals surface area contributed by atoms with Gasteiger partial charge in [0, 0.05) is 23.8 Å². The standard InChI is InChI=1S/C19H20N4O3S/c1-2-13-27(25,26)22-18-6-4-3-5-17(18)19(24)21-15-7-9-16(10-8-15)23-12-11-20-14-23/h3-12,14,22H,2,13H2,1H3,(H,21,24). The molecule has 0 fully saturated rings. The molecule has 7 nitrogen and oxygen atoms in total. The number of imidazole rings is 1. The summed E-state index contributed by atoms with van der Waals surface area (Å²) in [5.74, 6) is -0.390. The minimum atomic E-state index is -3.48. The van der Waals surface area contributed by atoms with Crippen molar-refractivity contribution in [3.63, 3.8) is 0 Å². The van der Waals surface area contributed by atoms with Gasteiger partial charge in [-0.3, -0.25) is 9.52 Å². The van der Waals surface area contributed by atoms with Crippen LogP contribution in [0.4, 0.5) is 11.4 Å². The molecule has 0 unspecified atom stereocenters. The number of hydrogen-bond acceptors (Lipinski definition) is 4. The third kappa shape index (κ3) is 4.73. The highest BCUT2D eigenvalue weighted by Gasteiger charge is 2.16. The minimum Gasteiger partial charge on any atom is -0.322 e. The molecule has 8 heteroatoms. The van der Waals surface area contributed by atoms with Crippen LogP contribution >= 0.6 is 0 Å². The maximum atomic E-state index is 12.6. The fourth-order valence-corrected chi connectivity index (χ4v) is 3.74. The summed E-state index contributed by atoms with van der Waals surface area (Å²) in [5, 5.41) is 2.79. The van der Waals surface area contributed by atoms with Crippen LogP contribution < -0.4 is 10.0 Å². The normalized spacial score (nSPS) is 11.1. The molecule has 0 aliphatic rings. The van der Waals surface area contributed by atoms with Crippen molar-refractivity contribution in [1.29, 1.82) is 0 Å². The number of hydrogen-bond donors (Lipinski definition) is 2. The highest BCUT2D eigenvalue weighted by Crippen LogP contribution is 2.20. The summed E-state index contributed by atoms with van der Waals surface area (Å²) in [4.78, 5) is 16.6. The Balaban J connectivity index is 1.77. The van der Waals surface area contributed by atoms with E-state index in [9.17, 15) is 13.2 Å². The van der Waals surface area contributed by atoms with Gasteiger partial charge in [0.05, 0.1) is 23.3 Å². The third-order valence-corrected chi connectivity index (χ3v) is 5.31. The van der Waals surface area contributed by atoms with Crippen LogP contribution in [0.15, 0.2) is 67.3 Å². The van der Waals surface area contributed by atoms with Crippen molar-refractivity contribution in [2.24, 2.45) is 0 Å². The molecule has 2 N–H and O–H groups in total. The van der Waals surface area contributed by atoms with E-state index >= 15 is 0 Å². The van der Waals surface area contributed by atoms with Crippen LogP contribution in [0.25, 0.3) is 5.69 Å². The number of nitrogens with zero attached hydrogens (tertiary/aromatic N) is 2. The third-order valence-electron chi connectivity index (χ3n) is 3.84. The molecule has 2 aromatic carbocycles. The Hall–Kier alpha value is -3.13. The smallest absolute Gasteiger partial charge is 0.257 e. The number of benzene rings is 2. The van der Waals surface area contributed by atoms with Crippen molar-refractivity contribution >= 4 is 27.3 Å². The zero-order valence-corrected chi connectivity index (χ0v) is 15.6. The zero-order chi connectivity index (χ0) is 19.3. The fraction of sp³-hybridized carbons (Fsp3) is 0.158. The topological polar surface area (TPSA) is 93.1 Å². The van der Waals surface area contributed by atoms with Gasteiger partial charge in [-0.1, -0.05) is 19.1 Å². The second kappa shape index (κ2) is 8.05. The number of nitrogens with one attached hydrogen (secondary N) is 2. The molecule has 0 saturated heterocycles. The lowest BCUT2D eigenvalue weighted by Gasteiger charge is -2.12. The first kappa shape index (κ1) is 18.7. The highest BCUT2D eigenvalue weighted by molar-refractivity contribution is 7.92. The second-order valence-electron chi connectivity index (χ2n) is 5.94. The Morgan fingerprint density at radius 1 is 1.11 bits per heavy atom. The number of rotatable bonds is 7. The number of amides is 1. The average Bonchev–Trinajstić information content (AvgIpc) is 3.17. The molecule has 0 atom stereocenters. The van der Waals surface area contributed by atoms with Gasteiger partial charge in [-0.2, -0.15) is 0 Å². The molecule has 0 spiro atoms. The predicted molar refractivity (Wildman–Crippen MR) is 106 cm³/mol. The van der Waals surface area contributed by atoms with E-state index in [1.165, 1.54) is 0 Å². The SMILES string of the molecule is CCCS(=O)(=O)Nc1ccccc1C(=O)Nc1ccc(-n2ccnc2)cc1. The van der Waals surface area contributed by atoms with Gasteiger partial charge in [0.1, 0.15) is 0 Å². The number of sulfonamides is 1. The van der Waals surface area contributed by atoms with E-state index in [1.54, 1.807) is 55.8 Å². The number of para-hydroxylation sites is 1. The molecule has 0 radical (unpaired) electrons. The first-order valence-electron chi connectivity index (χ1n) is 8.48. The van der Waals surface area contributed by atoms with E-state index in [4.69, 9.17) is 0 Å². The lowest BCUT2D eigenvalue weighted by atomic mass is 10.1. The van der Waals surface area contributed by atoms with E-state index in [-0.39, 0.29) is 22.9 Å². The largest absolute Gasteiger partial charge is 0.322 e. The second-order valence-corrected chi connectivity index (χ2v) is 7.78. The van der Waals surface area contributed by atoms with Crippen molar-refractivity contribution in [3.8, 4) is 5.69 Å². The predicted octanol–water partition coefficient (Wildman–Crippen LogP) is 3.28. The molecule has 0 bridgehead atoms. The lowest BCUT2D eigenvalue weighted by molar-refractivity contribution is 0.102. The average molecular weight is 384 g/mol. The van der Waals surface area contributed by atoms with Crippen molar-refractivity contribution in [1.82, 2.24) is 9.55 Å². The molecule has 140 valence electrons. The van der Waals surface area contributed by atoms with Gasteiger partial charge >= 0.3 is 0 Å². The van der Waals surface area contributed by atoms with Gasteiger partial charge in [-0.25, -0.2) is 13.4 Å². The molecule has 0 aliphatic heterocycles. The summed E-state index contributed by atoms with van der Waals surface area (Å²) in [6.45, 7) is 1.78. The first-order valence-corrected chi connectivity index (χ1v) is 10.1. The van der Waals surface area contributed by atoms with Gasteiger partial charge in [-0.15, -0.1) is 0 Å². The maximum Gasteiger partial charge on any atom is 0.257 e. The number of carbonyl (C=O) groups is 1. The van der Waals surface area contributed by atoms with Crippen LogP contribution in [0.3, 0.4) is 0 Å². The first-order chi connectivity index (χ1) is 13.0. The molecule has 1 aromatic heterocycles. The van der Waals surface area contributed by atoms with Gasteiger partial charge in [-0.05, 0) is 42.8 Å². The van der Waals surface area contributed by atoms with E-state index < -0.39 is 10.0 Å².